The third-order valence-electron chi connectivity index (χ3n) is 4.41. The molecule has 2 N–H and O–H groups in total. The average molecular weight is 305 g/mol. The fourth-order valence-electron chi connectivity index (χ4n) is 2.99. The van der Waals surface area contributed by atoms with Crippen LogP contribution in [0.5, 0.6) is 0 Å². The van der Waals surface area contributed by atoms with Crippen molar-refractivity contribution < 1.29 is 0 Å². The third kappa shape index (κ3) is 4.70. The normalized spacial score (nSPS) is 17.0. The van der Waals surface area contributed by atoms with Crippen molar-refractivity contribution in [1.29, 1.82) is 0 Å². The largest absolute Gasteiger partial charge is 0.360 e. The van der Waals surface area contributed by atoms with E-state index in [1.54, 1.807) is 0 Å². The molecule has 0 heterocycles. The highest BCUT2D eigenvalue weighted by molar-refractivity contribution is 7.80. The van der Waals surface area contributed by atoms with Gasteiger partial charge in [0.05, 0.1) is 6.04 Å². The molecule has 0 bridgehead atoms. The smallest absolute Gasteiger partial charge is 0.166 e. The van der Waals surface area contributed by atoms with Gasteiger partial charge in [-0.2, -0.15) is 0 Å². The first kappa shape index (κ1) is 16.3. The lowest BCUT2D eigenvalue weighted by atomic mass is 9.98. The average Bonchev–Trinajstić information content (AvgIpc) is 2.97. The maximum Gasteiger partial charge on any atom is 0.166 e. The number of hydrogen-bond acceptors (Lipinski definition) is 1. The minimum Gasteiger partial charge on any atom is -0.360 e. The van der Waals surface area contributed by atoms with Gasteiger partial charge in [-0.15, -0.1) is 0 Å². The van der Waals surface area contributed by atoms with Crippen LogP contribution in [0.25, 0.3) is 0 Å². The number of rotatable bonds is 5. The van der Waals surface area contributed by atoms with Gasteiger partial charge in [-0.25, -0.2) is 0 Å². The molecule has 0 radical (unpaired) electrons. The summed E-state index contributed by atoms with van der Waals surface area (Å²) in [6, 6.07) is 9.80. The molecule has 0 amide bonds. The topological polar surface area (TPSA) is 24.1 Å². The van der Waals surface area contributed by atoms with E-state index in [1.165, 1.54) is 36.8 Å². The molecule has 0 saturated heterocycles. The number of thiocarbonyl (C=S) groups is 1. The van der Waals surface area contributed by atoms with E-state index < -0.39 is 0 Å². The van der Waals surface area contributed by atoms with E-state index in [4.69, 9.17) is 12.2 Å². The summed E-state index contributed by atoms with van der Waals surface area (Å²) in [5.74, 6) is 0.581. The third-order valence-corrected chi connectivity index (χ3v) is 4.65. The summed E-state index contributed by atoms with van der Waals surface area (Å²) in [5, 5.41) is 7.75. The van der Waals surface area contributed by atoms with Gasteiger partial charge in [0, 0.05) is 6.04 Å². The zero-order valence-electron chi connectivity index (χ0n) is 13.5. The zero-order chi connectivity index (χ0) is 15.2. The Morgan fingerprint density at radius 3 is 2.24 bits per heavy atom. The van der Waals surface area contributed by atoms with E-state index in [0.29, 0.717) is 18.0 Å². The molecule has 1 aromatic rings. The second-order valence-electron chi connectivity index (χ2n) is 6.38. The van der Waals surface area contributed by atoms with E-state index in [-0.39, 0.29) is 0 Å². The van der Waals surface area contributed by atoms with E-state index >= 15 is 0 Å². The molecule has 0 spiro atoms. The van der Waals surface area contributed by atoms with Crippen LogP contribution < -0.4 is 10.6 Å². The van der Waals surface area contributed by atoms with Crippen LogP contribution in [0.3, 0.4) is 0 Å². The number of benzene rings is 1. The highest BCUT2D eigenvalue weighted by atomic mass is 32.1. The molecule has 1 fully saturated rings. The first-order valence-corrected chi connectivity index (χ1v) is 8.67. The van der Waals surface area contributed by atoms with E-state index in [2.05, 4.69) is 55.7 Å². The minimum atomic E-state index is 0.299. The van der Waals surface area contributed by atoms with Crippen LogP contribution in [0.4, 0.5) is 0 Å². The highest BCUT2D eigenvalue weighted by Crippen LogP contribution is 2.21. The zero-order valence-corrected chi connectivity index (χ0v) is 14.3. The molecule has 1 saturated carbocycles. The molecule has 1 aromatic carbocycles. The van der Waals surface area contributed by atoms with Crippen LogP contribution in [0.15, 0.2) is 24.3 Å². The Bertz CT molecular complexity index is 447. The van der Waals surface area contributed by atoms with Crippen molar-refractivity contribution >= 4 is 17.3 Å². The Kier molecular flexibility index (Phi) is 6.04. The summed E-state index contributed by atoms with van der Waals surface area (Å²) in [6.07, 6.45) is 6.19. The van der Waals surface area contributed by atoms with Crippen molar-refractivity contribution in [1.82, 2.24) is 10.6 Å². The van der Waals surface area contributed by atoms with Crippen LogP contribution >= 0.6 is 12.2 Å². The monoisotopic (exact) mass is 304 g/mol. The molecular formula is C18H28N2S. The van der Waals surface area contributed by atoms with Crippen molar-refractivity contribution in [3.8, 4) is 0 Å². The van der Waals surface area contributed by atoms with Crippen LogP contribution in [0.1, 0.15) is 76.0 Å². The van der Waals surface area contributed by atoms with Gasteiger partial charge in [-0.1, -0.05) is 57.9 Å². The molecular weight excluding hydrogens is 276 g/mol. The molecule has 116 valence electrons. The SMILES string of the molecule is CCC(NC(=S)NC1CCCC1)c1ccc(C(C)C)cc1. The second kappa shape index (κ2) is 7.79. The Hall–Kier alpha value is -1.09. The van der Waals surface area contributed by atoms with Crippen molar-refractivity contribution in [2.45, 2.75) is 70.9 Å². The van der Waals surface area contributed by atoms with Crippen molar-refractivity contribution in [2.75, 3.05) is 0 Å². The fraction of sp³-hybridized carbons (Fsp3) is 0.611. The lowest BCUT2D eigenvalue weighted by molar-refractivity contribution is 0.580. The first-order chi connectivity index (χ1) is 10.1. The van der Waals surface area contributed by atoms with Gasteiger partial charge in [0.25, 0.3) is 0 Å². The van der Waals surface area contributed by atoms with Gasteiger partial charge in [-0.05, 0) is 48.5 Å². The lowest BCUT2D eigenvalue weighted by Gasteiger charge is -2.22. The highest BCUT2D eigenvalue weighted by Gasteiger charge is 2.17. The van der Waals surface area contributed by atoms with Crippen LogP contribution in [0.2, 0.25) is 0 Å². The molecule has 2 rings (SSSR count). The molecule has 21 heavy (non-hydrogen) atoms. The molecule has 1 aliphatic rings. The summed E-state index contributed by atoms with van der Waals surface area (Å²) in [6.45, 7) is 6.66. The number of nitrogens with one attached hydrogen (secondary N) is 2. The van der Waals surface area contributed by atoms with Gasteiger partial charge in [0.15, 0.2) is 5.11 Å². The summed E-state index contributed by atoms with van der Waals surface area (Å²) >= 11 is 5.48. The first-order valence-electron chi connectivity index (χ1n) is 8.27. The molecule has 1 atom stereocenters. The Labute approximate surface area is 134 Å². The van der Waals surface area contributed by atoms with E-state index in [9.17, 15) is 0 Å². The molecule has 0 aromatic heterocycles. The summed E-state index contributed by atoms with van der Waals surface area (Å²) < 4.78 is 0. The summed E-state index contributed by atoms with van der Waals surface area (Å²) in [7, 11) is 0. The quantitative estimate of drug-likeness (QED) is 0.773. The Morgan fingerprint density at radius 2 is 1.71 bits per heavy atom. The van der Waals surface area contributed by atoms with E-state index in [0.717, 1.165) is 11.5 Å². The fourth-order valence-corrected chi connectivity index (χ4v) is 3.30. The van der Waals surface area contributed by atoms with Gasteiger partial charge >= 0.3 is 0 Å². The molecule has 1 aliphatic carbocycles. The van der Waals surface area contributed by atoms with Crippen LogP contribution in [0, 0.1) is 0 Å². The predicted octanol–water partition coefficient (Wildman–Crippen LogP) is 4.67. The molecule has 3 heteroatoms. The van der Waals surface area contributed by atoms with Crippen molar-refractivity contribution in [2.24, 2.45) is 0 Å². The second-order valence-corrected chi connectivity index (χ2v) is 6.79. The van der Waals surface area contributed by atoms with Gasteiger partial charge in [0.1, 0.15) is 0 Å². The van der Waals surface area contributed by atoms with Gasteiger partial charge in [0.2, 0.25) is 0 Å². The van der Waals surface area contributed by atoms with Crippen molar-refractivity contribution in [3.05, 3.63) is 35.4 Å². The summed E-state index contributed by atoms with van der Waals surface area (Å²) in [5.41, 5.74) is 2.71. The maximum absolute atomic E-state index is 5.48. The Morgan fingerprint density at radius 1 is 1.14 bits per heavy atom. The maximum atomic E-state index is 5.48. The molecule has 0 aliphatic heterocycles. The molecule has 2 nitrogen and oxygen atoms in total. The van der Waals surface area contributed by atoms with Crippen LogP contribution in [-0.2, 0) is 0 Å². The number of hydrogen-bond donors (Lipinski definition) is 2. The predicted molar refractivity (Wildman–Crippen MR) is 94.7 cm³/mol. The van der Waals surface area contributed by atoms with Crippen LogP contribution in [-0.4, -0.2) is 11.2 Å². The summed E-state index contributed by atoms with van der Waals surface area (Å²) in [4.78, 5) is 0. The lowest BCUT2D eigenvalue weighted by Crippen LogP contribution is -2.42. The van der Waals surface area contributed by atoms with Gasteiger partial charge < -0.3 is 10.6 Å². The Balaban J connectivity index is 1.93. The standard InChI is InChI=1S/C18H28N2S/c1-4-17(15-11-9-14(10-12-15)13(2)3)20-18(21)19-16-7-5-6-8-16/h9-13,16-17H,4-8H2,1-3H3,(H2,19,20,21). The van der Waals surface area contributed by atoms with Crippen molar-refractivity contribution in [3.63, 3.8) is 0 Å². The van der Waals surface area contributed by atoms with E-state index in [1.807, 2.05) is 0 Å². The molecule has 1 unspecified atom stereocenters. The van der Waals surface area contributed by atoms with Gasteiger partial charge in [-0.3, -0.25) is 0 Å². The minimum absolute atomic E-state index is 0.299.